The number of aromatic nitrogens is 4. The SMILES string of the molecule is Cc1cccc2nc(N3CCC[C@@H](c4nnc5n4CCC5)C3)sc12. The van der Waals surface area contributed by atoms with E-state index in [-0.39, 0.29) is 0 Å². The number of piperidine rings is 1. The Morgan fingerprint density at radius 2 is 2.12 bits per heavy atom. The summed E-state index contributed by atoms with van der Waals surface area (Å²) in [6.45, 7) is 5.37. The molecule has 0 bridgehead atoms. The van der Waals surface area contributed by atoms with Gasteiger partial charge in [-0.25, -0.2) is 4.98 Å². The monoisotopic (exact) mass is 339 g/mol. The van der Waals surface area contributed by atoms with Crippen LogP contribution in [-0.4, -0.2) is 32.8 Å². The largest absolute Gasteiger partial charge is 0.347 e. The second-order valence-corrected chi connectivity index (χ2v) is 7.91. The molecule has 3 aromatic rings. The molecule has 5 rings (SSSR count). The molecule has 24 heavy (non-hydrogen) atoms. The summed E-state index contributed by atoms with van der Waals surface area (Å²) in [5.41, 5.74) is 2.44. The van der Waals surface area contributed by atoms with Crippen molar-refractivity contribution in [2.45, 2.75) is 45.1 Å². The molecule has 0 amide bonds. The van der Waals surface area contributed by atoms with Gasteiger partial charge in [0.2, 0.25) is 0 Å². The van der Waals surface area contributed by atoms with Gasteiger partial charge in [-0.05, 0) is 37.8 Å². The van der Waals surface area contributed by atoms with E-state index in [2.05, 4.69) is 44.8 Å². The molecule has 0 spiro atoms. The first-order valence-corrected chi connectivity index (χ1v) is 9.64. The molecule has 1 aromatic carbocycles. The van der Waals surface area contributed by atoms with E-state index < -0.39 is 0 Å². The van der Waals surface area contributed by atoms with Crippen LogP contribution in [0.15, 0.2) is 18.2 Å². The lowest BCUT2D eigenvalue weighted by molar-refractivity contribution is 0.473. The molecule has 124 valence electrons. The van der Waals surface area contributed by atoms with Crippen LogP contribution in [0.1, 0.15) is 42.4 Å². The summed E-state index contributed by atoms with van der Waals surface area (Å²) in [6, 6.07) is 6.39. The quantitative estimate of drug-likeness (QED) is 0.717. The molecular weight excluding hydrogens is 318 g/mol. The fraction of sp³-hybridized carbons (Fsp3) is 0.500. The van der Waals surface area contributed by atoms with E-state index in [0.717, 1.165) is 36.7 Å². The Labute approximate surface area is 145 Å². The van der Waals surface area contributed by atoms with Crippen molar-refractivity contribution in [1.29, 1.82) is 0 Å². The van der Waals surface area contributed by atoms with Crippen molar-refractivity contribution in [1.82, 2.24) is 19.7 Å². The molecule has 2 aliphatic heterocycles. The Morgan fingerprint density at radius 1 is 1.17 bits per heavy atom. The van der Waals surface area contributed by atoms with Crippen molar-refractivity contribution in [2.75, 3.05) is 18.0 Å². The summed E-state index contributed by atoms with van der Waals surface area (Å²) in [6.07, 6.45) is 4.70. The highest BCUT2D eigenvalue weighted by atomic mass is 32.1. The first kappa shape index (κ1) is 14.4. The predicted molar refractivity (Wildman–Crippen MR) is 96.9 cm³/mol. The van der Waals surface area contributed by atoms with Crippen LogP contribution < -0.4 is 4.90 Å². The lowest BCUT2D eigenvalue weighted by Gasteiger charge is -2.32. The third-order valence-corrected chi connectivity index (χ3v) is 6.56. The number of benzene rings is 1. The second kappa shape index (κ2) is 5.55. The van der Waals surface area contributed by atoms with Gasteiger partial charge < -0.3 is 9.47 Å². The van der Waals surface area contributed by atoms with Crippen LogP contribution in [0, 0.1) is 6.92 Å². The minimum Gasteiger partial charge on any atom is -0.347 e. The summed E-state index contributed by atoms with van der Waals surface area (Å²) in [5, 5.41) is 10.1. The van der Waals surface area contributed by atoms with Gasteiger partial charge in [-0.1, -0.05) is 23.5 Å². The van der Waals surface area contributed by atoms with Crippen molar-refractivity contribution >= 4 is 26.7 Å². The average molecular weight is 339 g/mol. The highest BCUT2D eigenvalue weighted by molar-refractivity contribution is 7.22. The lowest BCUT2D eigenvalue weighted by atomic mass is 9.97. The minimum atomic E-state index is 0.478. The zero-order valence-corrected chi connectivity index (χ0v) is 14.7. The van der Waals surface area contributed by atoms with E-state index in [0.29, 0.717) is 5.92 Å². The van der Waals surface area contributed by atoms with E-state index in [9.17, 15) is 0 Å². The molecule has 2 aliphatic rings. The van der Waals surface area contributed by atoms with Crippen LogP contribution in [0.5, 0.6) is 0 Å². The maximum absolute atomic E-state index is 4.89. The molecule has 0 radical (unpaired) electrons. The van der Waals surface area contributed by atoms with Gasteiger partial charge in [-0.2, -0.15) is 0 Å². The standard InChI is InChI=1S/C18H21N5S/c1-12-5-2-7-14-16(12)24-18(19-14)22-9-3-6-13(11-22)17-21-20-15-8-4-10-23(15)17/h2,5,7,13H,3-4,6,8-11H2,1H3/t13-/m1/s1. The fourth-order valence-corrected chi connectivity index (χ4v) is 5.12. The molecular formula is C18H21N5S. The number of nitrogens with zero attached hydrogens (tertiary/aromatic N) is 5. The summed E-state index contributed by atoms with van der Waals surface area (Å²) in [4.78, 5) is 7.34. The first-order valence-electron chi connectivity index (χ1n) is 8.82. The highest BCUT2D eigenvalue weighted by Crippen LogP contribution is 2.35. The van der Waals surface area contributed by atoms with Gasteiger partial charge in [0, 0.05) is 32.0 Å². The van der Waals surface area contributed by atoms with Gasteiger partial charge >= 0.3 is 0 Å². The molecule has 0 unspecified atom stereocenters. The Hall–Kier alpha value is -1.95. The zero-order chi connectivity index (χ0) is 16.1. The van der Waals surface area contributed by atoms with Gasteiger partial charge in [0.1, 0.15) is 11.6 Å². The smallest absolute Gasteiger partial charge is 0.186 e. The first-order chi connectivity index (χ1) is 11.8. The van der Waals surface area contributed by atoms with Crippen LogP contribution in [0.2, 0.25) is 0 Å². The Bertz CT molecular complexity index is 896. The summed E-state index contributed by atoms with van der Waals surface area (Å²) < 4.78 is 3.68. The van der Waals surface area contributed by atoms with E-state index >= 15 is 0 Å². The van der Waals surface area contributed by atoms with Crippen molar-refractivity contribution in [3.63, 3.8) is 0 Å². The number of anilines is 1. The van der Waals surface area contributed by atoms with E-state index in [1.54, 1.807) is 0 Å². The molecule has 1 saturated heterocycles. The summed E-state index contributed by atoms with van der Waals surface area (Å²) >= 11 is 1.83. The summed E-state index contributed by atoms with van der Waals surface area (Å²) in [7, 11) is 0. The van der Waals surface area contributed by atoms with Gasteiger partial charge in [-0.3, -0.25) is 0 Å². The van der Waals surface area contributed by atoms with Gasteiger partial charge in [-0.15, -0.1) is 10.2 Å². The number of fused-ring (bicyclic) bond motifs is 2. The average Bonchev–Trinajstić information content (AvgIpc) is 3.30. The molecule has 1 fully saturated rings. The third kappa shape index (κ3) is 2.24. The molecule has 6 heteroatoms. The van der Waals surface area contributed by atoms with Gasteiger partial charge in [0.05, 0.1) is 10.2 Å². The molecule has 0 aliphatic carbocycles. The molecule has 5 nitrogen and oxygen atoms in total. The van der Waals surface area contributed by atoms with Crippen molar-refractivity contribution in [2.24, 2.45) is 0 Å². The van der Waals surface area contributed by atoms with E-state index in [1.165, 1.54) is 41.2 Å². The minimum absolute atomic E-state index is 0.478. The van der Waals surface area contributed by atoms with Crippen LogP contribution in [0.3, 0.4) is 0 Å². The van der Waals surface area contributed by atoms with Crippen molar-refractivity contribution in [3.8, 4) is 0 Å². The van der Waals surface area contributed by atoms with Crippen LogP contribution in [0.25, 0.3) is 10.2 Å². The molecule has 0 saturated carbocycles. The Kier molecular flexibility index (Phi) is 3.33. The molecule has 4 heterocycles. The number of rotatable bonds is 2. The number of aryl methyl sites for hydroxylation is 2. The van der Waals surface area contributed by atoms with Gasteiger partial charge in [0.15, 0.2) is 5.13 Å². The number of thiazole rings is 1. The second-order valence-electron chi connectivity index (χ2n) is 6.93. The lowest BCUT2D eigenvalue weighted by Crippen LogP contribution is -2.35. The van der Waals surface area contributed by atoms with E-state index in [1.807, 2.05) is 11.3 Å². The maximum atomic E-state index is 4.89. The topological polar surface area (TPSA) is 46.8 Å². The Balaban J connectivity index is 1.45. The van der Waals surface area contributed by atoms with E-state index in [4.69, 9.17) is 4.98 Å². The maximum Gasteiger partial charge on any atom is 0.186 e. The van der Waals surface area contributed by atoms with Crippen molar-refractivity contribution < 1.29 is 0 Å². The summed E-state index contributed by atoms with van der Waals surface area (Å²) in [5.74, 6) is 2.86. The van der Waals surface area contributed by atoms with Crippen LogP contribution in [0.4, 0.5) is 5.13 Å². The molecule has 1 atom stereocenters. The normalized spacial score (nSPS) is 20.7. The predicted octanol–water partition coefficient (Wildman–Crippen LogP) is 3.53. The number of hydrogen-bond acceptors (Lipinski definition) is 5. The van der Waals surface area contributed by atoms with Crippen molar-refractivity contribution in [3.05, 3.63) is 35.4 Å². The third-order valence-electron chi connectivity index (χ3n) is 5.30. The van der Waals surface area contributed by atoms with Gasteiger partial charge in [0.25, 0.3) is 0 Å². The van der Waals surface area contributed by atoms with Crippen LogP contribution in [-0.2, 0) is 13.0 Å². The van der Waals surface area contributed by atoms with Crippen LogP contribution >= 0.6 is 11.3 Å². The fourth-order valence-electron chi connectivity index (χ4n) is 4.05. The highest BCUT2D eigenvalue weighted by Gasteiger charge is 2.29. The Morgan fingerprint density at radius 3 is 3.04 bits per heavy atom. The zero-order valence-electron chi connectivity index (χ0n) is 13.9. The molecule has 0 N–H and O–H groups in total. The number of hydrogen-bond donors (Lipinski definition) is 0. The molecule has 2 aromatic heterocycles.